The van der Waals surface area contributed by atoms with Gasteiger partial charge in [0.05, 0.1) is 0 Å². The predicted octanol–water partition coefficient (Wildman–Crippen LogP) is 7.07. The molecule has 0 saturated heterocycles. The molecule has 11 heteroatoms. The van der Waals surface area contributed by atoms with E-state index in [-0.39, 0.29) is 45.5 Å². The van der Waals surface area contributed by atoms with Gasteiger partial charge < -0.3 is 18.9 Å². The van der Waals surface area contributed by atoms with Gasteiger partial charge in [0.25, 0.3) is 0 Å². The zero-order valence-electron chi connectivity index (χ0n) is 27.9. The van der Waals surface area contributed by atoms with E-state index in [0.717, 1.165) is 6.08 Å². The van der Waals surface area contributed by atoms with Crippen molar-refractivity contribution in [1.82, 2.24) is 0 Å². The molecule has 0 aliphatic heterocycles. The molecule has 53 heavy (non-hydrogen) atoms. The lowest BCUT2D eigenvalue weighted by Gasteiger charge is -2.11. The molecule has 0 atom stereocenters. The zero-order valence-corrected chi connectivity index (χ0v) is 27.9. The van der Waals surface area contributed by atoms with Crippen LogP contribution in [0.25, 0.3) is 0 Å². The Balaban J connectivity index is 1.65. The highest BCUT2D eigenvalue weighted by molar-refractivity contribution is 6.09. The van der Waals surface area contributed by atoms with Crippen LogP contribution >= 0.6 is 0 Å². The van der Waals surface area contributed by atoms with E-state index in [0.29, 0.717) is 22.3 Å². The van der Waals surface area contributed by atoms with Crippen molar-refractivity contribution in [2.24, 2.45) is 0 Å². The molecule has 0 saturated carbocycles. The maximum absolute atomic E-state index is 13.7. The van der Waals surface area contributed by atoms with Gasteiger partial charge in [0.2, 0.25) is 11.7 Å². The number of carbonyl (C=O) groups is 5. The average molecular weight is 713 g/mol. The normalized spacial score (nSPS) is 9.79. The molecule has 0 amide bonds. The van der Waals surface area contributed by atoms with Crippen LogP contribution in [0.4, 0.5) is 8.78 Å². The molecule has 0 radical (unpaired) electrons. The summed E-state index contributed by atoms with van der Waals surface area (Å²) < 4.78 is 47.2. The number of ether oxygens (including phenoxy) is 4. The second-order valence-corrected chi connectivity index (χ2v) is 10.7. The van der Waals surface area contributed by atoms with Crippen LogP contribution in [-0.2, 0) is 19.2 Å². The van der Waals surface area contributed by atoms with Crippen LogP contribution in [0.5, 0.6) is 23.0 Å². The van der Waals surface area contributed by atoms with Crippen molar-refractivity contribution in [2.75, 3.05) is 0 Å². The summed E-state index contributed by atoms with van der Waals surface area (Å²) in [6.45, 7) is 14.2. The Morgan fingerprint density at radius 1 is 0.566 bits per heavy atom. The first-order valence-corrected chi connectivity index (χ1v) is 15.2. The van der Waals surface area contributed by atoms with Gasteiger partial charge in [0.1, 0.15) is 17.1 Å². The van der Waals surface area contributed by atoms with E-state index < -0.39 is 35.5 Å². The molecule has 0 aromatic heterocycles. The highest BCUT2D eigenvalue weighted by Crippen LogP contribution is 2.31. The summed E-state index contributed by atoms with van der Waals surface area (Å²) in [6.07, 6.45) is 0.881. The Morgan fingerprint density at radius 2 is 0.981 bits per heavy atom. The monoisotopic (exact) mass is 712 g/mol. The van der Waals surface area contributed by atoms with Crippen molar-refractivity contribution in [3.8, 4) is 46.7 Å². The molecule has 0 aliphatic carbocycles. The molecule has 0 unspecified atom stereocenters. The highest BCUT2D eigenvalue weighted by Gasteiger charge is 2.19. The number of halogens is 2. The number of esters is 4. The molecule has 0 spiro atoms. The molecule has 0 aliphatic rings. The van der Waals surface area contributed by atoms with E-state index >= 15 is 0 Å². The number of hydrogen-bond acceptors (Lipinski definition) is 9. The van der Waals surface area contributed by atoms with Gasteiger partial charge in [0, 0.05) is 39.5 Å². The summed E-state index contributed by atoms with van der Waals surface area (Å²) in [5.41, 5.74) is 1.75. The predicted molar refractivity (Wildman–Crippen MR) is 189 cm³/mol. The molecular weight excluding hydrogens is 686 g/mol. The molecular formula is C42H26F2O9. The minimum absolute atomic E-state index is 0.00948. The number of benzene rings is 4. The van der Waals surface area contributed by atoms with E-state index in [2.05, 4.69) is 50.0 Å². The number of rotatable bonds is 10. The molecule has 0 heterocycles. The lowest BCUT2D eigenvalue weighted by Crippen LogP contribution is -2.11. The van der Waals surface area contributed by atoms with Gasteiger partial charge in [-0.3, -0.25) is 4.79 Å². The first-order valence-electron chi connectivity index (χ1n) is 15.2. The van der Waals surface area contributed by atoms with Crippen LogP contribution in [0.15, 0.2) is 135 Å². The third-order valence-corrected chi connectivity index (χ3v) is 6.66. The summed E-state index contributed by atoms with van der Waals surface area (Å²) in [4.78, 5) is 60.7. The fourth-order valence-corrected chi connectivity index (χ4v) is 4.04. The SMILES string of the molecule is C=CC(=O)Oc1cc(C#Cc2ccc(C(=O)c3ccc(OC(=O)C(=C)C)cc3)cc2)cc(OC(=O)C(=C)F)c1C#Cc1ccc(OC(=O)C(=C)F)cc1. The topological polar surface area (TPSA) is 122 Å². The summed E-state index contributed by atoms with van der Waals surface area (Å²) in [7, 11) is 0. The zero-order chi connectivity index (χ0) is 38.7. The fraction of sp³-hybridized carbons (Fsp3) is 0.0238. The Hall–Kier alpha value is -7.63. The van der Waals surface area contributed by atoms with Crippen LogP contribution in [0.1, 0.15) is 45.1 Å². The van der Waals surface area contributed by atoms with Crippen molar-refractivity contribution in [3.63, 3.8) is 0 Å². The van der Waals surface area contributed by atoms with Crippen molar-refractivity contribution in [3.05, 3.63) is 168 Å². The van der Waals surface area contributed by atoms with Gasteiger partial charge in [-0.05, 0) is 91.9 Å². The molecule has 0 N–H and O–H groups in total. The molecule has 0 fully saturated rings. The van der Waals surface area contributed by atoms with E-state index in [9.17, 15) is 32.8 Å². The molecule has 0 bridgehead atoms. The molecule has 262 valence electrons. The molecule has 4 aromatic rings. The minimum atomic E-state index is -1.44. The smallest absolute Gasteiger partial charge is 0.371 e. The first kappa shape index (κ1) is 38.2. The van der Waals surface area contributed by atoms with Crippen LogP contribution in [0.3, 0.4) is 0 Å². The van der Waals surface area contributed by atoms with Gasteiger partial charge in [-0.25, -0.2) is 19.2 Å². The highest BCUT2D eigenvalue weighted by atomic mass is 19.1. The fourth-order valence-electron chi connectivity index (χ4n) is 4.04. The second-order valence-electron chi connectivity index (χ2n) is 10.7. The number of ketones is 1. The quantitative estimate of drug-likeness (QED) is 0.0559. The molecule has 9 nitrogen and oxygen atoms in total. The molecule has 4 aromatic carbocycles. The van der Waals surface area contributed by atoms with Gasteiger partial charge >= 0.3 is 23.9 Å². The summed E-state index contributed by atoms with van der Waals surface area (Å²) >= 11 is 0. The largest absolute Gasteiger partial charge is 0.423 e. The minimum Gasteiger partial charge on any atom is -0.423 e. The van der Waals surface area contributed by atoms with Crippen LogP contribution in [0, 0.1) is 23.7 Å². The summed E-state index contributed by atoms with van der Waals surface area (Å²) in [6, 6.07) is 20.5. The lowest BCUT2D eigenvalue weighted by molar-refractivity contribution is -0.132. The Morgan fingerprint density at radius 3 is 1.49 bits per heavy atom. The van der Waals surface area contributed by atoms with E-state index in [1.807, 2.05) is 0 Å². The maximum atomic E-state index is 13.7. The number of hydrogen-bond donors (Lipinski definition) is 0. The number of carbonyl (C=O) groups excluding carboxylic acids is 5. The van der Waals surface area contributed by atoms with E-state index in [1.54, 1.807) is 24.3 Å². The first-order chi connectivity index (χ1) is 25.2. The summed E-state index contributed by atoms with van der Waals surface area (Å²) in [5.74, 6) is 3.77. The van der Waals surface area contributed by atoms with Crippen molar-refractivity contribution >= 4 is 29.7 Å². The Bertz CT molecular complexity index is 2310. The molecule has 4 rings (SSSR count). The van der Waals surface area contributed by atoms with Crippen molar-refractivity contribution in [1.29, 1.82) is 0 Å². The van der Waals surface area contributed by atoms with Crippen LogP contribution in [0.2, 0.25) is 0 Å². The van der Waals surface area contributed by atoms with E-state index in [1.165, 1.54) is 67.6 Å². The van der Waals surface area contributed by atoms with E-state index in [4.69, 9.17) is 18.9 Å². The van der Waals surface area contributed by atoms with Crippen molar-refractivity contribution < 1.29 is 51.7 Å². The second kappa shape index (κ2) is 17.3. The standard InChI is InChI=1S/C42H26F2O9/c1-6-38(45)52-36-23-30(8-7-28-9-14-31(15-10-28)39(46)32-16-20-34(21-17-32)50-40(47)25(2)3)24-37(53-42(49)27(5)44)35(36)22-13-29-11-18-33(19-12-29)51-41(48)26(4)43/h6,9-12,14-21,23-24H,1-2,4-5H2,3H3. The lowest BCUT2D eigenvalue weighted by atomic mass is 10.0. The van der Waals surface area contributed by atoms with Gasteiger partial charge in [-0.1, -0.05) is 50.0 Å². The Kier molecular flexibility index (Phi) is 12.5. The van der Waals surface area contributed by atoms with Crippen molar-refractivity contribution in [2.45, 2.75) is 6.92 Å². The maximum Gasteiger partial charge on any atom is 0.371 e. The van der Waals surface area contributed by atoms with Gasteiger partial charge in [-0.15, -0.1) is 0 Å². The summed E-state index contributed by atoms with van der Waals surface area (Å²) in [5, 5.41) is 0. The average Bonchev–Trinajstić information content (AvgIpc) is 3.14. The third kappa shape index (κ3) is 10.7. The van der Waals surface area contributed by atoms with Crippen LogP contribution < -0.4 is 18.9 Å². The van der Waals surface area contributed by atoms with Gasteiger partial charge in [-0.2, -0.15) is 8.78 Å². The van der Waals surface area contributed by atoms with Crippen LogP contribution in [-0.4, -0.2) is 29.7 Å². The third-order valence-electron chi connectivity index (χ3n) is 6.66. The Labute approximate surface area is 302 Å². The van der Waals surface area contributed by atoms with Gasteiger partial charge in [0.15, 0.2) is 17.3 Å².